The van der Waals surface area contributed by atoms with Crippen molar-refractivity contribution in [3.05, 3.63) is 11.1 Å². The summed E-state index contributed by atoms with van der Waals surface area (Å²) in [5.74, 6) is -1.06. The second-order valence-corrected chi connectivity index (χ2v) is 5.72. The molecular weight excluding hydrogens is 254 g/mol. The van der Waals surface area contributed by atoms with Crippen LogP contribution in [0.2, 0.25) is 0 Å². The Balaban J connectivity index is 2.21. The van der Waals surface area contributed by atoms with Crippen LogP contribution in [0.25, 0.3) is 0 Å². The van der Waals surface area contributed by atoms with E-state index in [9.17, 15) is 4.79 Å². The molecule has 1 aromatic heterocycles. The lowest BCUT2D eigenvalue weighted by Gasteiger charge is -2.42. The first-order chi connectivity index (χ1) is 8.42. The first-order valence-electron chi connectivity index (χ1n) is 5.71. The molecule has 6 nitrogen and oxygen atoms in total. The predicted molar refractivity (Wildman–Crippen MR) is 68.9 cm³/mol. The molecule has 2 heterocycles. The predicted octanol–water partition coefficient (Wildman–Crippen LogP) is 0.843. The Morgan fingerprint density at radius 3 is 3.06 bits per heavy atom. The molecule has 18 heavy (non-hydrogen) atoms. The molecule has 1 aromatic rings. The van der Waals surface area contributed by atoms with E-state index in [-0.39, 0.29) is 5.54 Å². The fraction of sp³-hybridized carbons (Fsp3) is 0.636. The summed E-state index contributed by atoms with van der Waals surface area (Å²) < 4.78 is 5.45. The molecule has 1 saturated heterocycles. The van der Waals surface area contributed by atoms with Crippen LogP contribution in [0.5, 0.6) is 0 Å². The molecule has 1 fully saturated rings. The van der Waals surface area contributed by atoms with E-state index < -0.39 is 12.0 Å². The summed E-state index contributed by atoms with van der Waals surface area (Å²) in [6, 6.07) is -1.06. The SMILES string of the molecule is CC1(C)COCCN1c1nc(C(N)C(=O)O)cs1. The molecule has 1 aliphatic rings. The van der Waals surface area contributed by atoms with Crippen LogP contribution in [0.3, 0.4) is 0 Å². The minimum atomic E-state index is -1.06. The number of aliphatic carboxylic acids is 1. The largest absolute Gasteiger partial charge is 0.480 e. The van der Waals surface area contributed by atoms with Gasteiger partial charge in [0, 0.05) is 11.9 Å². The molecule has 0 spiro atoms. The molecule has 0 bridgehead atoms. The highest BCUT2D eigenvalue weighted by atomic mass is 32.1. The topological polar surface area (TPSA) is 88.7 Å². The van der Waals surface area contributed by atoms with Crippen molar-refractivity contribution in [1.82, 2.24) is 4.98 Å². The number of anilines is 1. The Morgan fingerprint density at radius 2 is 2.44 bits per heavy atom. The van der Waals surface area contributed by atoms with Crippen LogP contribution in [-0.2, 0) is 9.53 Å². The summed E-state index contributed by atoms with van der Waals surface area (Å²) in [4.78, 5) is 17.3. The Morgan fingerprint density at radius 1 is 1.72 bits per heavy atom. The lowest BCUT2D eigenvalue weighted by molar-refractivity contribution is -0.138. The van der Waals surface area contributed by atoms with Crippen LogP contribution < -0.4 is 10.6 Å². The number of hydrogen-bond acceptors (Lipinski definition) is 6. The maximum Gasteiger partial charge on any atom is 0.326 e. The zero-order valence-corrected chi connectivity index (χ0v) is 11.2. The van der Waals surface area contributed by atoms with Gasteiger partial charge in [-0.1, -0.05) is 0 Å². The van der Waals surface area contributed by atoms with Crippen molar-refractivity contribution < 1.29 is 14.6 Å². The van der Waals surface area contributed by atoms with Crippen molar-refractivity contribution in [3.8, 4) is 0 Å². The van der Waals surface area contributed by atoms with Gasteiger partial charge in [0.1, 0.15) is 6.04 Å². The van der Waals surface area contributed by atoms with Gasteiger partial charge in [-0.15, -0.1) is 11.3 Å². The zero-order valence-electron chi connectivity index (χ0n) is 10.4. The van der Waals surface area contributed by atoms with E-state index in [1.165, 1.54) is 11.3 Å². The Kier molecular flexibility index (Phi) is 3.56. The van der Waals surface area contributed by atoms with Crippen LogP contribution in [-0.4, -0.2) is 41.4 Å². The van der Waals surface area contributed by atoms with Crippen molar-refractivity contribution in [1.29, 1.82) is 0 Å². The summed E-state index contributed by atoms with van der Waals surface area (Å²) in [5.41, 5.74) is 5.82. The van der Waals surface area contributed by atoms with Crippen molar-refractivity contribution in [2.24, 2.45) is 5.73 Å². The fourth-order valence-corrected chi connectivity index (χ4v) is 2.93. The van der Waals surface area contributed by atoms with E-state index in [0.717, 1.165) is 11.7 Å². The minimum Gasteiger partial charge on any atom is -0.480 e. The van der Waals surface area contributed by atoms with E-state index in [2.05, 4.69) is 23.7 Å². The molecular formula is C11H17N3O3S. The number of nitrogens with two attached hydrogens (primary N) is 1. The van der Waals surface area contributed by atoms with Crippen LogP contribution in [0, 0.1) is 0 Å². The van der Waals surface area contributed by atoms with Gasteiger partial charge < -0.3 is 20.5 Å². The number of thiazole rings is 1. The molecule has 1 aliphatic heterocycles. The molecule has 3 N–H and O–H groups in total. The fourth-order valence-electron chi connectivity index (χ4n) is 1.88. The standard InChI is InChI=1S/C11H17N3O3S/c1-11(2)6-17-4-3-14(11)10-13-7(5-18-10)8(12)9(15)16/h5,8H,3-4,6,12H2,1-2H3,(H,15,16). The van der Waals surface area contributed by atoms with Gasteiger partial charge in [0.25, 0.3) is 0 Å². The normalized spacial score (nSPS) is 20.7. The van der Waals surface area contributed by atoms with Crippen molar-refractivity contribution in [2.75, 3.05) is 24.7 Å². The van der Waals surface area contributed by atoms with Gasteiger partial charge in [0.15, 0.2) is 5.13 Å². The van der Waals surface area contributed by atoms with Gasteiger partial charge in [-0.05, 0) is 13.8 Å². The molecule has 1 atom stereocenters. The summed E-state index contributed by atoms with van der Waals surface area (Å²) in [6.45, 7) is 6.19. The van der Waals surface area contributed by atoms with Crippen LogP contribution in [0.15, 0.2) is 5.38 Å². The van der Waals surface area contributed by atoms with E-state index in [1.807, 2.05) is 0 Å². The van der Waals surface area contributed by atoms with Crippen LogP contribution >= 0.6 is 11.3 Å². The Bertz CT molecular complexity index is 446. The summed E-state index contributed by atoms with van der Waals surface area (Å²) >= 11 is 1.42. The van der Waals surface area contributed by atoms with E-state index in [0.29, 0.717) is 18.9 Å². The maximum atomic E-state index is 10.8. The third-order valence-electron chi connectivity index (χ3n) is 2.97. The van der Waals surface area contributed by atoms with Gasteiger partial charge in [-0.3, -0.25) is 4.79 Å². The molecule has 0 aromatic carbocycles. The lowest BCUT2D eigenvalue weighted by atomic mass is 10.0. The number of carboxylic acid groups (broad SMARTS) is 1. The molecule has 2 rings (SSSR count). The first-order valence-corrected chi connectivity index (χ1v) is 6.59. The quantitative estimate of drug-likeness (QED) is 0.847. The number of morpholine rings is 1. The highest BCUT2D eigenvalue weighted by molar-refractivity contribution is 7.13. The smallest absolute Gasteiger partial charge is 0.326 e. The summed E-state index contributed by atoms with van der Waals surface area (Å²) in [5, 5.41) is 11.4. The molecule has 1 unspecified atom stereocenters. The number of aromatic nitrogens is 1. The third-order valence-corrected chi connectivity index (χ3v) is 3.85. The molecule has 0 saturated carbocycles. The minimum absolute atomic E-state index is 0.138. The van der Waals surface area contributed by atoms with Crippen molar-refractivity contribution in [3.63, 3.8) is 0 Å². The highest BCUT2D eigenvalue weighted by Crippen LogP contribution is 2.30. The summed E-state index contributed by atoms with van der Waals surface area (Å²) in [7, 11) is 0. The molecule has 0 amide bonds. The lowest BCUT2D eigenvalue weighted by Crippen LogP contribution is -2.53. The number of rotatable bonds is 3. The highest BCUT2D eigenvalue weighted by Gasteiger charge is 2.33. The first kappa shape index (κ1) is 13.3. The number of ether oxygens (including phenoxy) is 1. The van der Waals surface area contributed by atoms with Crippen molar-refractivity contribution in [2.45, 2.75) is 25.4 Å². The Labute approximate surface area is 109 Å². The zero-order chi connectivity index (χ0) is 13.3. The number of hydrogen-bond donors (Lipinski definition) is 2. The number of nitrogens with zero attached hydrogens (tertiary/aromatic N) is 2. The monoisotopic (exact) mass is 271 g/mol. The second-order valence-electron chi connectivity index (χ2n) is 4.89. The molecule has 0 aliphatic carbocycles. The molecule has 100 valence electrons. The van der Waals surface area contributed by atoms with Gasteiger partial charge in [0.2, 0.25) is 0 Å². The van der Waals surface area contributed by atoms with E-state index >= 15 is 0 Å². The molecule has 7 heteroatoms. The van der Waals surface area contributed by atoms with E-state index in [1.54, 1.807) is 5.38 Å². The van der Waals surface area contributed by atoms with Gasteiger partial charge in [-0.2, -0.15) is 0 Å². The van der Waals surface area contributed by atoms with E-state index in [4.69, 9.17) is 15.6 Å². The number of carboxylic acids is 1. The Hall–Kier alpha value is -1.18. The van der Waals surface area contributed by atoms with Crippen LogP contribution in [0.1, 0.15) is 25.6 Å². The average molecular weight is 271 g/mol. The molecule has 0 radical (unpaired) electrons. The van der Waals surface area contributed by atoms with Crippen LogP contribution in [0.4, 0.5) is 5.13 Å². The maximum absolute atomic E-state index is 10.8. The van der Waals surface area contributed by atoms with Gasteiger partial charge in [0.05, 0.1) is 24.4 Å². The number of carbonyl (C=O) groups is 1. The van der Waals surface area contributed by atoms with Crippen molar-refractivity contribution >= 4 is 22.4 Å². The second kappa shape index (κ2) is 4.83. The average Bonchev–Trinajstić information content (AvgIpc) is 2.76. The van der Waals surface area contributed by atoms with Gasteiger partial charge in [-0.25, -0.2) is 4.98 Å². The van der Waals surface area contributed by atoms with Gasteiger partial charge >= 0.3 is 5.97 Å². The summed E-state index contributed by atoms with van der Waals surface area (Å²) in [6.07, 6.45) is 0. The third kappa shape index (κ3) is 2.47.